The molecule has 4 heteroatoms. The molecular weight excluding hydrogens is 317 g/mol. The van der Waals surface area contributed by atoms with Crippen molar-refractivity contribution in [1.82, 2.24) is 5.32 Å². The zero-order chi connectivity index (χ0) is 15.8. The van der Waals surface area contributed by atoms with E-state index < -0.39 is 0 Å². The first-order chi connectivity index (χ1) is 10.5. The zero-order valence-electron chi connectivity index (χ0n) is 13.4. The van der Waals surface area contributed by atoms with Crippen LogP contribution < -0.4 is 5.32 Å². The van der Waals surface area contributed by atoms with Gasteiger partial charge in [-0.1, -0.05) is 29.3 Å². The van der Waals surface area contributed by atoms with Crippen molar-refractivity contribution in [3.8, 4) is 0 Å². The second-order valence-corrected chi connectivity index (χ2v) is 7.94. The van der Waals surface area contributed by atoms with Crippen LogP contribution in [0.25, 0.3) is 0 Å². The molecule has 1 aliphatic carbocycles. The first kappa shape index (κ1) is 16.6. The van der Waals surface area contributed by atoms with Crippen molar-refractivity contribution in [1.29, 1.82) is 0 Å². The highest BCUT2D eigenvalue weighted by Gasteiger charge is 2.47. The molecule has 0 radical (unpaired) electrons. The van der Waals surface area contributed by atoms with Crippen LogP contribution in [0.15, 0.2) is 18.2 Å². The lowest BCUT2D eigenvalue weighted by Gasteiger charge is -2.48. The molecular formula is C18H25Cl2NO. The van der Waals surface area contributed by atoms with Crippen molar-refractivity contribution >= 4 is 23.2 Å². The molecule has 1 aromatic carbocycles. The standard InChI is InChI=1S/C18H25Cl2NO/c1-17(22-2)6-8-18(9-7-17,14-5-10-21-12-14)13-3-4-15(19)16(20)11-13/h3-4,11,14,21H,5-10,12H2,1-2H3/t14-,17-,18-/m1/s1. The topological polar surface area (TPSA) is 21.3 Å². The summed E-state index contributed by atoms with van der Waals surface area (Å²) in [5.74, 6) is 0.672. The van der Waals surface area contributed by atoms with Crippen molar-refractivity contribution < 1.29 is 4.74 Å². The lowest BCUT2D eigenvalue weighted by atomic mass is 9.59. The Morgan fingerprint density at radius 3 is 2.41 bits per heavy atom. The van der Waals surface area contributed by atoms with E-state index in [-0.39, 0.29) is 11.0 Å². The van der Waals surface area contributed by atoms with E-state index in [1.54, 1.807) is 0 Å². The highest BCUT2D eigenvalue weighted by molar-refractivity contribution is 6.42. The highest BCUT2D eigenvalue weighted by Crippen LogP contribution is 2.51. The minimum Gasteiger partial charge on any atom is -0.379 e. The molecule has 0 amide bonds. The third-order valence-corrected chi connectivity index (χ3v) is 6.77. The van der Waals surface area contributed by atoms with Crippen LogP contribution in [0, 0.1) is 5.92 Å². The maximum absolute atomic E-state index is 6.31. The average Bonchev–Trinajstić information content (AvgIpc) is 3.06. The monoisotopic (exact) mass is 341 g/mol. The van der Waals surface area contributed by atoms with Gasteiger partial charge in [-0.05, 0) is 81.1 Å². The van der Waals surface area contributed by atoms with E-state index >= 15 is 0 Å². The largest absolute Gasteiger partial charge is 0.379 e. The molecule has 1 N–H and O–H groups in total. The van der Waals surface area contributed by atoms with Crippen LogP contribution in [0.3, 0.4) is 0 Å². The van der Waals surface area contributed by atoms with Crippen molar-refractivity contribution in [3.63, 3.8) is 0 Å². The van der Waals surface area contributed by atoms with Crippen LogP contribution in [0.2, 0.25) is 10.0 Å². The third kappa shape index (κ3) is 2.91. The Morgan fingerprint density at radius 1 is 1.14 bits per heavy atom. The Hall–Kier alpha value is -0.280. The molecule has 0 aromatic heterocycles. The van der Waals surface area contributed by atoms with Crippen LogP contribution >= 0.6 is 23.2 Å². The van der Waals surface area contributed by atoms with Gasteiger partial charge < -0.3 is 10.1 Å². The molecule has 3 rings (SSSR count). The molecule has 1 aromatic rings. The Bertz CT molecular complexity index is 532. The molecule has 1 heterocycles. The number of benzene rings is 1. The molecule has 1 saturated heterocycles. The van der Waals surface area contributed by atoms with Gasteiger partial charge >= 0.3 is 0 Å². The summed E-state index contributed by atoms with van der Waals surface area (Å²) in [5, 5.41) is 4.85. The van der Waals surface area contributed by atoms with Gasteiger partial charge in [0.25, 0.3) is 0 Å². The number of ether oxygens (including phenoxy) is 1. The average molecular weight is 342 g/mol. The summed E-state index contributed by atoms with van der Waals surface area (Å²) in [4.78, 5) is 0. The predicted molar refractivity (Wildman–Crippen MR) is 93.0 cm³/mol. The maximum Gasteiger partial charge on any atom is 0.0651 e. The zero-order valence-corrected chi connectivity index (χ0v) is 14.9. The Morgan fingerprint density at radius 2 is 1.86 bits per heavy atom. The Kier molecular flexibility index (Phi) is 4.76. The lowest BCUT2D eigenvalue weighted by molar-refractivity contribution is -0.0466. The van der Waals surface area contributed by atoms with E-state index in [9.17, 15) is 0 Å². The van der Waals surface area contributed by atoms with Crippen molar-refractivity contribution in [3.05, 3.63) is 33.8 Å². The van der Waals surface area contributed by atoms with Crippen LogP contribution in [0.1, 0.15) is 44.6 Å². The molecule has 1 atom stereocenters. The van der Waals surface area contributed by atoms with E-state index in [0.717, 1.165) is 38.8 Å². The van der Waals surface area contributed by atoms with Gasteiger partial charge in [0.1, 0.15) is 0 Å². The summed E-state index contributed by atoms with van der Waals surface area (Å²) in [7, 11) is 1.84. The molecule has 1 aliphatic heterocycles. The number of hydrogen-bond donors (Lipinski definition) is 1. The fourth-order valence-corrected chi connectivity index (χ4v) is 4.59. The van der Waals surface area contributed by atoms with Crippen molar-refractivity contribution in [2.45, 2.75) is 50.0 Å². The van der Waals surface area contributed by atoms with E-state index in [1.807, 2.05) is 13.2 Å². The summed E-state index contributed by atoms with van der Waals surface area (Å²) in [6.07, 6.45) is 5.74. The molecule has 0 spiro atoms. The first-order valence-electron chi connectivity index (χ1n) is 8.20. The third-order valence-electron chi connectivity index (χ3n) is 6.03. The van der Waals surface area contributed by atoms with Crippen LogP contribution in [0.4, 0.5) is 0 Å². The fourth-order valence-electron chi connectivity index (χ4n) is 4.29. The van der Waals surface area contributed by atoms with Crippen molar-refractivity contribution in [2.24, 2.45) is 5.92 Å². The molecule has 0 unspecified atom stereocenters. The van der Waals surface area contributed by atoms with Gasteiger partial charge in [0.2, 0.25) is 0 Å². The molecule has 2 nitrogen and oxygen atoms in total. The quantitative estimate of drug-likeness (QED) is 0.850. The number of nitrogens with one attached hydrogen (secondary N) is 1. The number of methoxy groups -OCH3 is 1. The summed E-state index contributed by atoms with van der Waals surface area (Å²) in [6.45, 7) is 4.46. The number of hydrogen-bond acceptors (Lipinski definition) is 2. The second kappa shape index (κ2) is 6.32. The minimum atomic E-state index is 0.0196. The maximum atomic E-state index is 6.31. The molecule has 1 saturated carbocycles. The van der Waals surface area contributed by atoms with Crippen LogP contribution in [-0.2, 0) is 10.2 Å². The van der Waals surface area contributed by atoms with E-state index in [4.69, 9.17) is 27.9 Å². The fraction of sp³-hybridized carbons (Fsp3) is 0.667. The molecule has 2 fully saturated rings. The first-order valence-corrected chi connectivity index (χ1v) is 8.96. The molecule has 0 bridgehead atoms. The Labute approximate surface area is 143 Å². The predicted octanol–water partition coefficient (Wildman–Crippen LogP) is 4.82. The van der Waals surface area contributed by atoms with Gasteiger partial charge in [-0.15, -0.1) is 0 Å². The van der Waals surface area contributed by atoms with E-state index in [1.165, 1.54) is 12.0 Å². The molecule has 2 aliphatic rings. The van der Waals surface area contributed by atoms with Gasteiger partial charge in [-0.25, -0.2) is 0 Å². The van der Waals surface area contributed by atoms with Gasteiger partial charge in [0.05, 0.1) is 15.6 Å². The van der Waals surface area contributed by atoms with Gasteiger partial charge in [0.15, 0.2) is 0 Å². The Balaban J connectivity index is 1.95. The molecule has 22 heavy (non-hydrogen) atoms. The van der Waals surface area contributed by atoms with Crippen LogP contribution in [0.5, 0.6) is 0 Å². The highest BCUT2D eigenvalue weighted by atomic mass is 35.5. The van der Waals surface area contributed by atoms with Gasteiger partial charge in [0, 0.05) is 7.11 Å². The number of halogens is 2. The van der Waals surface area contributed by atoms with Crippen LogP contribution in [-0.4, -0.2) is 25.8 Å². The smallest absolute Gasteiger partial charge is 0.0651 e. The lowest BCUT2D eigenvalue weighted by Crippen LogP contribution is -2.45. The summed E-state index contributed by atoms with van der Waals surface area (Å²) >= 11 is 12.4. The van der Waals surface area contributed by atoms with E-state index in [0.29, 0.717) is 16.0 Å². The number of rotatable bonds is 3. The van der Waals surface area contributed by atoms with Crippen molar-refractivity contribution in [2.75, 3.05) is 20.2 Å². The van der Waals surface area contributed by atoms with Gasteiger partial charge in [-0.3, -0.25) is 0 Å². The molecule has 122 valence electrons. The SMILES string of the molecule is CO[C@]1(C)CC[C@@](c2ccc(Cl)c(Cl)c2)([C@@H]2CCNC2)CC1. The summed E-state index contributed by atoms with van der Waals surface area (Å²) < 4.78 is 5.75. The summed E-state index contributed by atoms with van der Waals surface area (Å²) in [6, 6.07) is 6.23. The van der Waals surface area contributed by atoms with Gasteiger partial charge in [-0.2, -0.15) is 0 Å². The summed E-state index contributed by atoms with van der Waals surface area (Å²) in [5.41, 5.74) is 1.58. The second-order valence-electron chi connectivity index (χ2n) is 7.13. The minimum absolute atomic E-state index is 0.0196. The van der Waals surface area contributed by atoms with E-state index in [2.05, 4.69) is 24.4 Å². The normalized spacial score (nSPS) is 35.7.